The molecule has 16 heavy (non-hydrogen) atoms. The van der Waals surface area contributed by atoms with Gasteiger partial charge in [-0.05, 0) is 37.1 Å². The zero-order valence-electron chi connectivity index (χ0n) is 10.1. The number of ether oxygens (including phenoxy) is 1. The Morgan fingerprint density at radius 1 is 1.19 bits per heavy atom. The summed E-state index contributed by atoms with van der Waals surface area (Å²) in [5.41, 5.74) is 1.28. The predicted octanol–water partition coefficient (Wildman–Crippen LogP) is 2.38. The van der Waals surface area contributed by atoms with Crippen molar-refractivity contribution in [1.29, 1.82) is 0 Å². The van der Waals surface area contributed by atoms with Crippen molar-refractivity contribution in [2.24, 2.45) is 0 Å². The van der Waals surface area contributed by atoms with Crippen molar-refractivity contribution in [3.63, 3.8) is 0 Å². The molecular formula is C13H22N2O. The van der Waals surface area contributed by atoms with Crippen LogP contribution in [0.5, 0.6) is 0 Å². The number of hydrogen-bond acceptors (Lipinski definition) is 3. The lowest BCUT2D eigenvalue weighted by molar-refractivity contribution is 0.129. The molecule has 0 radical (unpaired) electrons. The van der Waals surface area contributed by atoms with Crippen LogP contribution >= 0.6 is 0 Å². The highest BCUT2D eigenvalue weighted by atomic mass is 16.5. The molecule has 0 unspecified atom stereocenters. The van der Waals surface area contributed by atoms with E-state index >= 15 is 0 Å². The van der Waals surface area contributed by atoms with E-state index in [2.05, 4.69) is 17.2 Å². The van der Waals surface area contributed by atoms with Crippen molar-refractivity contribution >= 4 is 0 Å². The molecular weight excluding hydrogens is 200 g/mol. The second-order valence-electron chi connectivity index (χ2n) is 3.85. The summed E-state index contributed by atoms with van der Waals surface area (Å²) in [4.78, 5) is 3.98. The van der Waals surface area contributed by atoms with E-state index in [1.165, 1.54) is 18.4 Å². The van der Waals surface area contributed by atoms with Gasteiger partial charge in [-0.3, -0.25) is 4.98 Å². The van der Waals surface area contributed by atoms with Crippen molar-refractivity contribution in [2.75, 3.05) is 19.8 Å². The van der Waals surface area contributed by atoms with Gasteiger partial charge in [-0.2, -0.15) is 0 Å². The van der Waals surface area contributed by atoms with Crippen LogP contribution in [0.15, 0.2) is 24.5 Å². The molecule has 0 saturated heterocycles. The third-order valence-corrected chi connectivity index (χ3v) is 2.36. The largest absolute Gasteiger partial charge is 0.381 e. The van der Waals surface area contributed by atoms with Gasteiger partial charge < -0.3 is 10.1 Å². The van der Waals surface area contributed by atoms with E-state index in [9.17, 15) is 0 Å². The number of pyridine rings is 1. The molecule has 0 aliphatic carbocycles. The van der Waals surface area contributed by atoms with Gasteiger partial charge in [0.1, 0.15) is 0 Å². The number of unbranched alkanes of at least 4 members (excludes halogenated alkanes) is 1. The molecule has 90 valence electrons. The van der Waals surface area contributed by atoms with E-state index < -0.39 is 0 Å². The van der Waals surface area contributed by atoms with Gasteiger partial charge in [-0.25, -0.2) is 0 Å². The number of nitrogens with one attached hydrogen (secondary N) is 1. The zero-order chi connectivity index (χ0) is 11.5. The van der Waals surface area contributed by atoms with Crippen LogP contribution in [-0.2, 0) is 11.3 Å². The summed E-state index contributed by atoms with van der Waals surface area (Å²) < 4.78 is 5.48. The molecule has 0 atom stereocenters. The first-order valence-electron chi connectivity index (χ1n) is 6.11. The summed E-state index contributed by atoms with van der Waals surface area (Å²) in [6.45, 7) is 5.87. The first-order valence-corrected chi connectivity index (χ1v) is 6.11. The minimum Gasteiger partial charge on any atom is -0.381 e. The summed E-state index contributed by atoms with van der Waals surface area (Å²) >= 11 is 0. The number of aromatic nitrogens is 1. The summed E-state index contributed by atoms with van der Waals surface area (Å²) in [5.74, 6) is 0. The molecule has 3 heteroatoms. The van der Waals surface area contributed by atoms with E-state index in [1.54, 1.807) is 0 Å². The SMILES string of the molecule is CCCCOCCCNCc1ccncc1. The molecule has 0 bridgehead atoms. The highest BCUT2D eigenvalue weighted by Gasteiger charge is 1.92. The van der Waals surface area contributed by atoms with E-state index in [0.717, 1.165) is 32.7 Å². The molecule has 1 N–H and O–H groups in total. The maximum atomic E-state index is 5.48. The quantitative estimate of drug-likeness (QED) is 0.651. The van der Waals surface area contributed by atoms with Gasteiger partial charge in [0.25, 0.3) is 0 Å². The fourth-order valence-corrected chi connectivity index (χ4v) is 1.38. The number of hydrogen-bond donors (Lipinski definition) is 1. The summed E-state index contributed by atoms with van der Waals surface area (Å²) in [6.07, 6.45) is 7.11. The zero-order valence-corrected chi connectivity index (χ0v) is 10.1. The highest BCUT2D eigenvalue weighted by molar-refractivity contribution is 5.08. The maximum Gasteiger partial charge on any atom is 0.0478 e. The van der Waals surface area contributed by atoms with Crippen LogP contribution < -0.4 is 5.32 Å². The molecule has 1 aromatic rings. The van der Waals surface area contributed by atoms with E-state index in [1.807, 2.05) is 24.5 Å². The Kier molecular flexibility index (Phi) is 7.64. The van der Waals surface area contributed by atoms with E-state index in [4.69, 9.17) is 4.74 Å². The van der Waals surface area contributed by atoms with Gasteiger partial charge in [-0.1, -0.05) is 13.3 Å². The van der Waals surface area contributed by atoms with Crippen LogP contribution in [0, 0.1) is 0 Å². The Morgan fingerprint density at radius 2 is 1.94 bits per heavy atom. The Morgan fingerprint density at radius 3 is 2.69 bits per heavy atom. The average molecular weight is 222 g/mol. The molecule has 0 aliphatic heterocycles. The highest BCUT2D eigenvalue weighted by Crippen LogP contribution is 1.95. The smallest absolute Gasteiger partial charge is 0.0478 e. The Bertz CT molecular complexity index is 251. The van der Waals surface area contributed by atoms with Gasteiger partial charge in [0, 0.05) is 32.2 Å². The van der Waals surface area contributed by atoms with E-state index in [0.29, 0.717) is 0 Å². The van der Waals surface area contributed by atoms with E-state index in [-0.39, 0.29) is 0 Å². The van der Waals surface area contributed by atoms with Crippen LogP contribution in [0.1, 0.15) is 31.7 Å². The lowest BCUT2D eigenvalue weighted by atomic mass is 10.3. The number of nitrogens with zero attached hydrogens (tertiary/aromatic N) is 1. The van der Waals surface area contributed by atoms with Crippen molar-refractivity contribution < 1.29 is 4.74 Å². The monoisotopic (exact) mass is 222 g/mol. The fraction of sp³-hybridized carbons (Fsp3) is 0.615. The molecule has 0 spiro atoms. The van der Waals surface area contributed by atoms with Crippen molar-refractivity contribution in [2.45, 2.75) is 32.7 Å². The summed E-state index contributed by atoms with van der Waals surface area (Å²) in [7, 11) is 0. The molecule has 3 nitrogen and oxygen atoms in total. The fourth-order valence-electron chi connectivity index (χ4n) is 1.38. The second kappa shape index (κ2) is 9.31. The van der Waals surface area contributed by atoms with Crippen molar-refractivity contribution in [3.8, 4) is 0 Å². The van der Waals surface area contributed by atoms with Gasteiger partial charge in [0.15, 0.2) is 0 Å². The molecule has 0 aromatic carbocycles. The first kappa shape index (κ1) is 13.1. The first-order chi connectivity index (χ1) is 7.93. The molecule has 0 aliphatic rings. The normalized spacial score (nSPS) is 10.6. The molecule has 0 fully saturated rings. The minimum atomic E-state index is 0.864. The molecule has 1 heterocycles. The Balaban J connectivity index is 1.89. The maximum absolute atomic E-state index is 5.48. The van der Waals surface area contributed by atoms with Gasteiger partial charge in [-0.15, -0.1) is 0 Å². The van der Waals surface area contributed by atoms with Crippen LogP contribution in [0.25, 0.3) is 0 Å². The molecule has 1 rings (SSSR count). The molecule has 0 amide bonds. The minimum absolute atomic E-state index is 0.864. The Labute approximate surface area is 98.2 Å². The van der Waals surface area contributed by atoms with Gasteiger partial charge >= 0.3 is 0 Å². The lowest BCUT2D eigenvalue weighted by Crippen LogP contribution is -2.16. The molecule has 0 saturated carbocycles. The van der Waals surface area contributed by atoms with Gasteiger partial charge in [0.05, 0.1) is 0 Å². The summed E-state index contributed by atoms with van der Waals surface area (Å²) in [6, 6.07) is 4.06. The van der Waals surface area contributed by atoms with Crippen LogP contribution in [0.3, 0.4) is 0 Å². The van der Waals surface area contributed by atoms with Crippen LogP contribution in [-0.4, -0.2) is 24.7 Å². The molecule has 1 aromatic heterocycles. The second-order valence-corrected chi connectivity index (χ2v) is 3.85. The average Bonchev–Trinajstić information content (AvgIpc) is 2.34. The van der Waals surface area contributed by atoms with Crippen LogP contribution in [0.2, 0.25) is 0 Å². The third-order valence-electron chi connectivity index (χ3n) is 2.36. The third kappa shape index (κ3) is 6.53. The predicted molar refractivity (Wildman–Crippen MR) is 66.3 cm³/mol. The van der Waals surface area contributed by atoms with Crippen LogP contribution in [0.4, 0.5) is 0 Å². The van der Waals surface area contributed by atoms with Crippen molar-refractivity contribution in [3.05, 3.63) is 30.1 Å². The standard InChI is InChI=1S/C13H22N2O/c1-2-3-10-16-11-4-7-15-12-13-5-8-14-9-6-13/h5-6,8-9,15H,2-4,7,10-12H2,1H3. The lowest BCUT2D eigenvalue weighted by Gasteiger charge is -2.05. The summed E-state index contributed by atoms with van der Waals surface area (Å²) in [5, 5.41) is 3.38. The van der Waals surface area contributed by atoms with Crippen molar-refractivity contribution in [1.82, 2.24) is 10.3 Å². The topological polar surface area (TPSA) is 34.1 Å². The number of rotatable bonds is 9. The van der Waals surface area contributed by atoms with Gasteiger partial charge in [0.2, 0.25) is 0 Å². The Hall–Kier alpha value is -0.930.